The fourth-order valence-corrected chi connectivity index (χ4v) is 6.33. The van der Waals surface area contributed by atoms with Crippen LogP contribution in [0.4, 0.5) is 10.5 Å². The number of hydrogen-bond acceptors (Lipinski definition) is 6. The molecule has 0 spiro atoms. The largest absolute Gasteiger partial charge is 0.490 e. The van der Waals surface area contributed by atoms with Gasteiger partial charge in [0.15, 0.2) is 0 Å². The highest BCUT2D eigenvalue weighted by Crippen LogP contribution is 2.29. The molecule has 0 unspecified atom stereocenters. The van der Waals surface area contributed by atoms with Gasteiger partial charge in [-0.15, -0.1) is 0 Å². The van der Waals surface area contributed by atoms with Crippen LogP contribution in [0.5, 0.6) is 5.75 Å². The molecule has 1 fully saturated rings. The van der Waals surface area contributed by atoms with E-state index in [1.807, 2.05) is 19.9 Å². The standard InChI is InChI=1S/C36H54N4O5/c1-26-22-40(27(2)25-41)35(42)32-21-31(38-36(43)37-30-16-9-6-10-17-30)18-19-33(32)45-28(3)13-11-12-20-44-34(26)24-39(4)23-29-14-7-5-8-15-29/h5,7-8,14-15,18-19,21,26-28,30,34,41H,6,9-13,16-17,20,22-25H2,1-4H3,(H2,37,38,43)/t26-,27+,28+,34+/m1/s1. The van der Waals surface area contributed by atoms with Crippen molar-refractivity contribution < 1.29 is 24.2 Å². The number of fused-ring (bicyclic) bond motifs is 1. The van der Waals surface area contributed by atoms with E-state index in [2.05, 4.69) is 53.8 Å². The van der Waals surface area contributed by atoms with Crippen LogP contribution in [-0.4, -0.2) is 84.5 Å². The first-order valence-corrected chi connectivity index (χ1v) is 16.9. The normalized spacial score (nSPS) is 23.0. The van der Waals surface area contributed by atoms with Crippen molar-refractivity contribution in [3.05, 3.63) is 59.7 Å². The van der Waals surface area contributed by atoms with Crippen molar-refractivity contribution >= 4 is 17.6 Å². The minimum absolute atomic E-state index is 0.00464. The number of likely N-dealkylation sites (N-methyl/N-ethyl adjacent to an activating group) is 1. The molecule has 0 saturated heterocycles. The van der Waals surface area contributed by atoms with Crippen LogP contribution in [0.2, 0.25) is 0 Å². The summed E-state index contributed by atoms with van der Waals surface area (Å²) in [5.74, 6) is 0.242. The average molecular weight is 623 g/mol. The minimum Gasteiger partial charge on any atom is -0.490 e. The predicted molar refractivity (Wildman–Crippen MR) is 179 cm³/mol. The van der Waals surface area contributed by atoms with Crippen LogP contribution in [-0.2, 0) is 11.3 Å². The summed E-state index contributed by atoms with van der Waals surface area (Å²) in [5, 5.41) is 16.3. The number of amides is 3. The third-order valence-electron chi connectivity index (χ3n) is 9.04. The van der Waals surface area contributed by atoms with Crippen LogP contribution in [0.15, 0.2) is 48.5 Å². The average Bonchev–Trinajstić information content (AvgIpc) is 3.03. The Morgan fingerprint density at radius 2 is 1.78 bits per heavy atom. The molecule has 0 aromatic heterocycles. The molecule has 45 heavy (non-hydrogen) atoms. The molecule has 1 aliphatic carbocycles. The number of anilines is 1. The Balaban J connectivity index is 1.56. The number of aliphatic hydroxyl groups is 1. The number of aliphatic hydroxyl groups excluding tert-OH is 1. The quantitative estimate of drug-likeness (QED) is 0.330. The Labute approximate surface area is 269 Å². The van der Waals surface area contributed by atoms with Crippen LogP contribution in [0.3, 0.4) is 0 Å². The molecule has 2 aliphatic rings. The number of nitrogens with zero attached hydrogens (tertiary/aromatic N) is 2. The van der Waals surface area contributed by atoms with Gasteiger partial charge < -0.3 is 30.1 Å². The molecule has 2 aromatic carbocycles. The maximum atomic E-state index is 14.3. The zero-order valence-electron chi connectivity index (χ0n) is 27.7. The highest BCUT2D eigenvalue weighted by atomic mass is 16.5. The Morgan fingerprint density at radius 3 is 2.51 bits per heavy atom. The maximum absolute atomic E-state index is 14.3. The van der Waals surface area contributed by atoms with Crippen LogP contribution in [0.1, 0.15) is 88.1 Å². The summed E-state index contributed by atoms with van der Waals surface area (Å²) in [7, 11) is 2.10. The molecule has 3 amide bonds. The number of urea groups is 1. The lowest BCUT2D eigenvalue weighted by molar-refractivity contribution is -0.0177. The molecule has 0 bridgehead atoms. The summed E-state index contributed by atoms with van der Waals surface area (Å²) < 4.78 is 12.8. The van der Waals surface area contributed by atoms with Gasteiger partial charge in [0.05, 0.1) is 30.4 Å². The van der Waals surface area contributed by atoms with Crippen LogP contribution < -0.4 is 15.4 Å². The van der Waals surface area contributed by atoms with Gasteiger partial charge in [0.2, 0.25) is 0 Å². The lowest BCUT2D eigenvalue weighted by atomic mass is 9.96. The second-order valence-corrected chi connectivity index (χ2v) is 13.1. The van der Waals surface area contributed by atoms with E-state index in [-0.39, 0.29) is 42.7 Å². The fourth-order valence-electron chi connectivity index (χ4n) is 6.33. The summed E-state index contributed by atoms with van der Waals surface area (Å²) in [6.07, 6.45) is 7.91. The third-order valence-corrected chi connectivity index (χ3v) is 9.04. The number of ether oxygens (including phenoxy) is 2. The molecule has 248 valence electrons. The molecule has 2 aromatic rings. The van der Waals surface area contributed by atoms with Crippen molar-refractivity contribution in [2.45, 2.75) is 103 Å². The number of nitrogens with one attached hydrogen (secondary N) is 2. The molecule has 1 aliphatic heterocycles. The molecule has 9 heteroatoms. The van der Waals surface area contributed by atoms with Gasteiger partial charge in [0.1, 0.15) is 5.75 Å². The highest BCUT2D eigenvalue weighted by molar-refractivity contribution is 5.99. The molecule has 1 saturated carbocycles. The lowest BCUT2D eigenvalue weighted by Gasteiger charge is -2.36. The Hall–Kier alpha value is -3.14. The summed E-state index contributed by atoms with van der Waals surface area (Å²) in [6.45, 7) is 8.37. The van der Waals surface area contributed by atoms with E-state index in [1.54, 1.807) is 23.1 Å². The van der Waals surface area contributed by atoms with Crippen molar-refractivity contribution in [3.8, 4) is 5.75 Å². The Kier molecular flexibility index (Phi) is 13.5. The zero-order chi connectivity index (χ0) is 32.2. The summed E-state index contributed by atoms with van der Waals surface area (Å²) in [4.78, 5) is 31.2. The van der Waals surface area contributed by atoms with E-state index in [1.165, 1.54) is 12.0 Å². The number of carbonyl (C=O) groups is 2. The van der Waals surface area contributed by atoms with E-state index < -0.39 is 6.04 Å². The second-order valence-electron chi connectivity index (χ2n) is 13.1. The number of benzene rings is 2. The molecular formula is C36H54N4O5. The first kappa shape index (κ1) is 34.7. The van der Waals surface area contributed by atoms with Crippen molar-refractivity contribution in [3.63, 3.8) is 0 Å². The van der Waals surface area contributed by atoms with Crippen LogP contribution in [0.25, 0.3) is 0 Å². The molecule has 1 heterocycles. The second kappa shape index (κ2) is 17.5. The van der Waals surface area contributed by atoms with Crippen molar-refractivity contribution in [2.75, 3.05) is 38.7 Å². The zero-order valence-corrected chi connectivity index (χ0v) is 27.7. The molecule has 0 radical (unpaired) electrons. The Morgan fingerprint density at radius 1 is 1.04 bits per heavy atom. The van der Waals surface area contributed by atoms with Crippen LogP contribution >= 0.6 is 0 Å². The van der Waals surface area contributed by atoms with Gasteiger partial charge in [0.25, 0.3) is 5.91 Å². The van der Waals surface area contributed by atoms with Crippen molar-refractivity contribution in [1.29, 1.82) is 0 Å². The molecule has 4 rings (SSSR count). The Bertz CT molecular complexity index is 1210. The van der Waals surface area contributed by atoms with Gasteiger partial charge in [-0.05, 0) is 76.8 Å². The molecule has 9 nitrogen and oxygen atoms in total. The summed E-state index contributed by atoms with van der Waals surface area (Å²) >= 11 is 0. The van der Waals surface area contributed by atoms with E-state index in [0.29, 0.717) is 36.7 Å². The van der Waals surface area contributed by atoms with Crippen LogP contribution in [0, 0.1) is 5.92 Å². The third kappa shape index (κ3) is 10.7. The number of rotatable bonds is 8. The fraction of sp³-hybridized carbons (Fsp3) is 0.611. The monoisotopic (exact) mass is 622 g/mol. The van der Waals surface area contributed by atoms with E-state index in [9.17, 15) is 14.7 Å². The smallest absolute Gasteiger partial charge is 0.319 e. The van der Waals surface area contributed by atoms with E-state index >= 15 is 0 Å². The van der Waals surface area contributed by atoms with Gasteiger partial charge in [-0.2, -0.15) is 0 Å². The summed E-state index contributed by atoms with van der Waals surface area (Å²) in [6, 6.07) is 15.1. The maximum Gasteiger partial charge on any atom is 0.319 e. The minimum atomic E-state index is -0.424. The van der Waals surface area contributed by atoms with E-state index in [0.717, 1.165) is 51.5 Å². The van der Waals surface area contributed by atoms with Gasteiger partial charge in [0, 0.05) is 43.9 Å². The molecule has 4 atom stereocenters. The SMILES string of the molecule is C[C@@H]1CN([C@@H](C)CO)C(=O)c2cc(NC(=O)NC3CCCCC3)ccc2O[C@@H](C)CCCCO[C@H]1CN(C)Cc1ccccc1. The first-order chi connectivity index (χ1) is 21.7. The topological polar surface area (TPSA) is 103 Å². The van der Waals surface area contributed by atoms with Crippen molar-refractivity contribution in [1.82, 2.24) is 15.1 Å². The van der Waals surface area contributed by atoms with Gasteiger partial charge in [-0.25, -0.2) is 4.79 Å². The van der Waals surface area contributed by atoms with Gasteiger partial charge in [-0.1, -0.05) is 56.5 Å². The summed E-state index contributed by atoms with van der Waals surface area (Å²) in [5.41, 5.74) is 2.14. The molecule has 3 N–H and O–H groups in total. The first-order valence-electron chi connectivity index (χ1n) is 16.9. The lowest BCUT2D eigenvalue weighted by Crippen LogP contribution is -2.47. The van der Waals surface area contributed by atoms with Gasteiger partial charge >= 0.3 is 6.03 Å². The van der Waals surface area contributed by atoms with E-state index in [4.69, 9.17) is 9.47 Å². The number of hydrogen-bond donors (Lipinski definition) is 3. The van der Waals surface area contributed by atoms with Crippen molar-refractivity contribution in [2.24, 2.45) is 5.92 Å². The highest BCUT2D eigenvalue weighted by Gasteiger charge is 2.30. The predicted octanol–water partition coefficient (Wildman–Crippen LogP) is 6.07. The molecular weight excluding hydrogens is 568 g/mol. The number of carbonyl (C=O) groups excluding carboxylic acids is 2. The van der Waals surface area contributed by atoms with Gasteiger partial charge in [-0.3, -0.25) is 9.69 Å².